The second kappa shape index (κ2) is 6.56. The molecule has 0 aliphatic carbocycles. The number of methoxy groups -OCH3 is 1. The first kappa shape index (κ1) is 19.6. The van der Waals surface area contributed by atoms with Crippen LogP contribution in [-0.4, -0.2) is 38.9 Å². The topological polar surface area (TPSA) is 180 Å². The summed E-state index contributed by atoms with van der Waals surface area (Å²) in [6, 6.07) is 4.07. The summed E-state index contributed by atoms with van der Waals surface area (Å²) in [7, 11) is 1.23. The molecule has 0 amide bonds. The molecule has 2 aromatic carbocycles. The molecular formula is C21H14O11. The molecule has 0 radical (unpaired) electrons. The molecule has 0 saturated heterocycles. The Morgan fingerprint density at radius 3 is 1.91 bits per heavy atom. The maximum atomic E-state index is 12.8. The fourth-order valence-corrected chi connectivity index (χ4v) is 4.02. The number of phenols is 4. The largest absolute Gasteiger partial charge is 0.508 e. The van der Waals surface area contributed by atoms with Crippen LogP contribution in [0.15, 0.2) is 42.7 Å². The van der Waals surface area contributed by atoms with E-state index in [1.54, 1.807) is 0 Å². The Bertz CT molecular complexity index is 1550. The molecule has 2 unspecified atom stereocenters. The van der Waals surface area contributed by atoms with Gasteiger partial charge >= 0.3 is 11.3 Å². The Balaban J connectivity index is 1.87. The van der Waals surface area contributed by atoms with Crippen molar-refractivity contribution >= 4 is 21.9 Å². The third-order valence-electron chi connectivity index (χ3n) is 5.30. The lowest BCUT2D eigenvalue weighted by Gasteiger charge is -2.18. The van der Waals surface area contributed by atoms with Gasteiger partial charge in [0.05, 0.1) is 17.0 Å². The molecule has 0 bridgehead atoms. The predicted molar refractivity (Wildman–Crippen MR) is 107 cm³/mol. The SMILES string of the molecule is COC1Oc2c(c(=O)oc3cc(O)cc(O)c23)C1c1c(O)c2c(O)cc(O)cc2oc1=O. The number of aromatic hydroxyl groups is 5. The van der Waals surface area contributed by atoms with Gasteiger partial charge in [0.25, 0.3) is 0 Å². The highest BCUT2D eigenvalue weighted by atomic mass is 16.7. The van der Waals surface area contributed by atoms with E-state index >= 15 is 0 Å². The van der Waals surface area contributed by atoms with Crippen LogP contribution in [0.1, 0.15) is 17.0 Å². The van der Waals surface area contributed by atoms with E-state index in [-0.39, 0.29) is 39.0 Å². The minimum atomic E-state index is -1.36. The zero-order valence-electron chi connectivity index (χ0n) is 16.1. The van der Waals surface area contributed by atoms with Crippen LogP contribution in [0.25, 0.3) is 21.9 Å². The van der Waals surface area contributed by atoms with Crippen molar-refractivity contribution in [3.05, 3.63) is 56.2 Å². The van der Waals surface area contributed by atoms with Gasteiger partial charge < -0.3 is 43.8 Å². The fraction of sp³-hybridized carbons (Fsp3) is 0.143. The van der Waals surface area contributed by atoms with Crippen molar-refractivity contribution in [2.45, 2.75) is 12.2 Å². The van der Waals surface area contributed by atoms with Crippen molar-refractivity contribution in [1.29, 1.82) is 0 Å². The van der Waals surface area contributed by atoms with Gasteiger partial charge in [-0.2, -0.15) is 0 Å². The van der Waals surface area contributed by atoms with Crippen LogP contribution in [0.5, 0.6) is 34.5 Å². The summed E-state index contributed by atoms with van der Waals surface area (Å²) in [6.07, 6.45) is -1.32. The Morgan fingerprint density at radius 1 is 0.781 bits per heavy atom. The van der Waals surface area contributed by atoms with E-state index in [2.05, 4.69) is 0 Å². The first-order valence-electron chi connectivity index (χ1n) is 9.15. The summed E-state index contributed by atoms with van der Waals surface area (Å²) >= 11 is 0. The first-order valence-corrected chi connectivity index (χ1v) is 9.15. The van der Waals surface area contributed by atoms with E-state index in [9.17, 15) is 35.1 Å². The van der Waals surface area contributed by atoms with Crippen molar-refractivity contribution < 1.29 is 43.8 Å². The molecular weight excluding hydrogens is 428 g/mol. The van der Waals surface area contributed by atoms with E-state index < -0.39 is 52.0 Å². The lowest BCUT2D eigenvalue weighted by molar-refractivity contribution is -0.0472. The van der Waals surface area contributed by atoms with Crippen LogP contribution in [-0.2, 0) is 4.74 Å². The van der Waals surface area contributed by atoms with Crippen molar-refractivity contribution in [3.8, 4) is 34.5 Å². The Hall–Kier alpha value is -4.38. The molecule has 0 fully saturated rings. The zero-order valence-corrected chi connectivity index (χ0v) is 16.1. The zero-order chi connectivity index (χ0) is 22.9. The summed E-state index contributed by atoms with van der Waals surface area (Å²) < 4.78 is 21.3. The molecule has 2 aromatic heterocycles. The van der Waals surface area contributed by atoms with Gasteiger partial charge in [0.15, 0.2) is 0 Å². The van der Waals surface area contributed by atoms with E-state index in [4.69, 9.17) is 18.3 Å². The van der Waals surface area contributed by atoms with Crippen LogP contribution >= 0.6 is 0 Å². The molecule has 5 N–H and O–H groups in total. The molecule has 32 heavy (non-hydrogen) atoms. The fourth-order valence-electron chi connectivity index (χ4n) is 4.02. The third-order valence-corrected chi connectivity index (χ3v) is 5.30. The molecule has 1 aliphatic rings. The second-order valence-electron chi connectivity index (χ2n) is 7.16. The number of ether oxygens (including phenoxy) is 2. The summed E-state index contributed by atoms with van der Waals surface area (Å²) in [5.41, 5.74) is -3.24. The molecule has 3 heterocycles. The van der Waals surface area contributed by atoms with Crippen LogP contribution in [0, 0.1) is 0 Å². The summed E-state index contributed by atoms with van der Waals surface area (Å²) in [6.45, 7) is 0. The summed E-state index contributed by atoms with van der Waals surface area (Å²) in [5.74, 6) is -4.04. The Morgan fingerprint density at radius 2 is 1.31 bits per heavy atom. The smallest absolute Gasteiger partial charge is 0.344 e. The summed E-state index contributed by atoms with van der Waals surface area (Å²) in [4.78, 5) is 25.6. The minimum Gasteiger partial charge on any atom is -0.508 e. The van der Waals surface area contributed by atoms with Gasteiger partial charge in [-0.1, -0.05) is 0 Å². The molecule has 11 heteroatoms. The molecule has 4 aromatic rings. The van der Waals surface area contributed by atoms with Crippen molar-refractivity contribution in [2.75, 3.05) is 7.11 Å². The van der Waals surface area contributed by atoms with E-state index in [0.29, 0.717) is 0 Å². The lowest BCUT2D eigenvalue weighted by atomic mass is 9.91. The Labute approximate surface area is 176 Å². The molecule has 1 aliphatic heterocycles. The average molecular weight is 442 g/mol. The number of benzene rings is 2. The molecule has 2 atom stereocenters. The monoisotopic (exact) mass is 442 g/mol. The van der Waals surface area contributed by atoms with Crippen molar-refractivity contribution in [2.24, 2.45) is 0 Å². The maximum Gasteiger partial charge on any atom is 0.344 e. The van der Waals surface area contributed by atoms with Crippen LogP contribution in [0.2, 0.25) is 0 Å². The lowest BCUT2D eigenvalue weighted by Crippen LogP contribution is -2.28. The Kier molecular flexibility index (Phi) is 4.01. The highest BCUT2D eigenvalue weighted by Crippen LogP contribution is 2.50. The van der Waals surface area contributed by atoms with E-state index in [0.717, 1.165) is 24.3 Å². The van der Waals surface area contributed by atoms with Gasteiger partial charge in [-0.3, -0.25) is 0 Å². The molecule has 0 spiro atoms. The average Bonchev–Trinajstić information content (AvgIpc) is 3.06. The first-order chi connectivity index (χ1) is 15.2. The van der Waals surface area contributed by atoms with Crippen molar-refractivity contribution in [1.82, 2.24) is 0 Å². The number of phenolic OH excluding ortho intramolecular Hbond substituents is 4. The van der Waals surface area contributed by atoms with E-state index in [1.807, 2.05) is 0 Å². The van der Waals surface area contributed by atoms with Crippen LogP contribution < -0.4 is 16.0 Å². The van der Waals surface area contributed by atoms with E-state index in [1.165, 1.54) is 7.11 Å². The molecule has 5 rings (SSSR count). The van der Waals surface area contributed by atoms with Gasteiger partial charge in [0.2, 0.25) is 6.29 Å². The van der Waals surface area contributed by atoms with Gasteiger partial charge in [0, 0.05) is 31.4 Å². The third kappa shape index (κ3) is 2.58. The molecule has 164 valence electrons. The quantitative estimate of drug-likeness (QED) is 0.286. The highest BCUT2D eigenvalue weighted by molar-refractivity contribution is 5.94. The predicted octanol–water partition coefficient (Wildman–Crippen LogP) is 1.92. The maximum absolute atomic E-state index is 12.8. The number of fused-ring (bicyclic) bond motifs is 4. The second-order valence-corrected chi connectivity index (χ2v) is 7.16. The standard InChI is InChI=1S/C21H14O11/c1-29-21-14(15-17(26)12-8(24)2-6(22)4-10(12)30-19(15)27)16-18(32-21)13-9(25)3-7(23)5-11(13)31-20(16)28/h2-5,14,21-26H,1H3. The molecule has 11 nitrogen and oxygen atoms in total. The summed E-state index contributed by atoms with van der Waals surface area (Å²) in [5, 5.41) is 50.3. The molecule has 0 saturated carbocycles. The highest BCUT2D eigenvalue weighted by Gasteiger charge is 2.45. The van der Waals surface area contributed by atoms with Gasteiger partial charge in [0.1, 0.15) is 56.4 Å². The van der Waals surface area contributed by atoms with Gasteiger partial charge in [-0.25, -0.2) is 9.59 Å². The number of hydrogen-bond donors (Lipinski definition) is 5. The van der Waals surface area contributed by atoms with Gasteiger partial charge in [-0.15, -0.1) is 0 Å². The van der Waals surface area contributed by atoms with Crippen LogP contribution in [0.3, 0.4) is 0 Å². The van der Waals surface area contributed by atoms with Crippen molar-refractivity contribution in [3.63, 3.8) is 0 Å². The number of rotatable bonds is 2. The number of hydrogen-bond acceptors (Lipinski definition) is 11. The van der Waals surface area contributed by atoms with Gasteiger partial charge in [-0.05, 0) is 0 Å². The normalized spacial score (nSPS) is 17.5. The van der Waals surface area contributed by atoms with Crippen LogP contribution in [0.4, 0.5) is 0 Å². The minimum absolute atomic E-state index is 0.0561.